The quantitative estimate of drug-likeness (QED) is 0.468. The molecule has 0 unspecified atom stereocenters. The summed E-state index contributed by atoms with van der Waals surface area (Å²) in [6.07, 6.45) is 2.22. The summed E-state index contributed by atoms with van der Waals surface area (Å²) in [7, 11) is 0. The van der Waals surface area contributed by atoms with Crippen LogP contribution in [0.2, 0.25) is 0 Å². The lowest BCUT2D eigenvalue weighted by Gasteiger charge is -2.36. The second-order valence-corrected chi connectivity index (χ2v) is 10.2. The predicted molar refractivity (Wildman–Crippen MR) is 129 cm³/mol. The molecule has 1 saturated heterocycles. The van der Waals surface area contributed by atoms with Gasteiger partial charge in [-0.25, -0.2) is 18.9 Å². The Morgan fingerprint density at radius 1 is 1.03 bits per heavy atom. The normalized spacial score (nSPS) is 17.6. The molecule has 1 saturated carbocycles. The van der Waals surface area contributed by atoms with Gasteiger partial charge in [0.2, 0.25) is 0 Å². The van der Waals surface area contributed by atoms with Crippen molar-refractivity contribution in [2.75, 3.05) is 37.6 Å². The van der Waals surface area contributed by atoms with Crippen molar-refractivity contribution < 1.29 is 0 Å². The third-order valence-corrected chi connectivity index (χ3v) is 8.04. The fourth-order valence-electron chi connectivity index (χ4n) is 4.75. The van der Waals surface area contributed by atoms with E-state index in [2.05, 4.69) is 54.0 Å². The lowest BCUT2D eigenvalue weighted by Crippen LogP contribution is -2.47. The first-order chi connectivity index (χ1) is 15.6. The van der Waals surface area contributed by atoms with Gasteiger partial charge in [0.05, 0.1) is 11.9 Å². The van der Waals surface area contributed by atoms with Crippen molar-refractivity contribution in [1.82, 2.24) is 24.1 Å². The number of aromatic nitrogens is 4. The highest BCUT2D eigenvalue weighted by atomic mass is 32.1. The van der Waals surface area contributed by atoms with Gasteiger partial charge in [0.15, 0.2) is 5.65 Å². The van der Waals surface area contributed by atoms with Gasteiger partial charge in [-0.1, -0.05) is 18.2 Å². The van der Waals surface area contributed by atoms with E-state index in [4.69, 9.17) is 10.1 Å². The number of fused-ring (bicyclic) bond motifs is 3. The number of rotatable bonds is 5. The first-order valence-corrected chi connectivity index (χ1v) is 12.3. The summed E-state index contributed by atoms with van der Waals surface area (Å²) in [5.74, 6) is 1.30. The minimum Gasteiger partial charge on any atom is -0.369 e. The molecule has 2 aliphatic rings. The third-order valence-electron chi connectivity index (χ3n) is 6.94. The minimum absolute atomic E-state index is 0.0394. The van der Waals surface area contributed by atoms with Crippen LogP contribution in [-0.2, 0) is 6.54 Å². The van der Waals surface area contributed by atoms with E-state index in [-0.39, 0.29) is 5.69 Å². The number of hydrogen-bond acceptors (Lipinski definition) is 6. The summed E-state index contributed by atoms with van der Waals surface area (Å²) in [6, 6.07) is 10.6. The lowest BCUT2D eigenvalue weighted by atomic mass is 10.2. The maximum atomic E-state index is 13.4. The number of aryl methyl sites for hydroxylation is 2. The highest BCUT2D eigenvalue weighted by molar-refractivity contribution is 7.18. The zero-order chi connectivity index (χ0) is 21.8. The van der Waals surface area contributed by atoms with Crippen molar-refractivity contribution in [2.45, 2.75) is 39.2 Å². The second-order valence-electron chi connectivity index (χ2n) is 9.04. The Balaban J connectivity index is 1.25. The maximum absolute atomic E-state index is 13.4. The van der Waals surface area contributed by atoms with Crippen LogP contribution in [0.4, 0.5) is 5.69 Å². The summed E-state index contributed by atoms with van der Waals surface area (Å²) in [5.41, 5.74) is 3.23. The Labute approximate surface area is 190 Å². The van der Waals surface area contributed by atoms with Crippen LogP contribution in [0.15, 0.2) is 35.1 Å². The molecule has 1 aliphatic carbocycles. The number of para-hydroxylation sites is 1. The number of benzene rings is 1. The number of hydrogen-bond donors (Lipinski definition) is 0. The van der Waals surface area contributed by atoms with Crippen LogP contribution in [0.5, 0.6) is 0 Å². The van der Waals surface area contributed by atoms with Gasteiger partial charge in [-0.15, -0.1) is 16.4 Å². The smallest absolute Gasteiger partial charge is 0.351 e. The van der Waals surface area contributed by atoms with E-state index in [0.717, 1.165) is 67.3 Å². The van der Waals surface area contributed by atoms with Crippen LogP contribution in [0.1, 0.15) is 35.0 Å². The molecular weight excluding hydrogens is 420 g/mol. The number of thiophene rings is 1. The molecule has 1 aliphatic heterocycles. The first-order valence-electron chi connectivity index (χ1n) is 11.5. The molecule has 1 aromatic carbocycles. The fourth-order valence-corrected chi connectivity index (χ4v) is 5.78. The Bertz CT molecular complexity index is 1340. The molecule has 8 heteroatoms. The van der Waals surface area contributed by atoms with E-state index in [1.165, 1.54) is 16.1 Å². The van der Waals surface area contributed by atoms with Crippen molar-refractivity contribution in [2.24, 2.45) is 0 Å². The van der Waals surface area contributed by atoms with Crippen molar-refractivity contribution in [3.8, 4) is 0 Å². The fraction of sp³-hybridized carbons (Fsp3) is 0.458. The molecule has 4 aromatic rings. The maximum Gasteiger partial charge on any atom is 0.351 e. The van der Waals surface area contributed by atoms with Gasteiger partial charge in [-0.2, -0.15) is 0 Å². The summed E-state index contributed by atoms with van der Waals surface area (Å²) < 4.78 is 3.46. The number of anilines is 1. The molecule has 4 heterocycles. The van der Waals surface area contributed by atoms with E-state index in [1.54, 1.807) is 20.4 Å². The largest absolute Gasteiger partial charge is 0.369 e. The van der Waals surface area contributed by atoms with Crippen molar-refractivity contribution in [3.05, 3.63) is 57.1 Å². The Morgan fingerprint density at radius 2 is 1.78 bits per heavy atom. The highest BCUT2D eigenvalue weighted by Crippen LogP contribution is 2.41. The lowest BCUT2D eigenvalue weighted by molar-refractivity contribution is 0.243. The van der Waals surface area contributed by atoms with Gasteiger partial charge < -0.3 is 4.90 Å². The zero-order valence-corrected chi connectivity index (χ0v) is 19.4. The monoisotopic (exact) mass is 448 g/mol. The Hall–Kier alpha value is -2.71. The molecule has 6 rings (SSSR count). The molecule has 0 amide bonds. The molecule has 2 fully saturated rings. The summed E-state index contributed by atoms with van der Waals surface area (Å²) >= 11 is 1.71. The third kappa shape index (κ3) is 3.33. The molecule has 32 heavy (non-hydrogen) atoms. The molecular formula is C24H28N6OS. The van der Waals surface area contributed by atoms with Crippen LogP contribution < -0.4 is 10.6 Å². The predicted octanol–water partition coefficient (Wildman–Crippen LogP) is 3.42. The molecule has 0 bridgehead atoms. The number of nitrogens with zero attached hydrogens (tertiary/aromatic N) is 6. The molecule has 0 atom stereocenters. The van der Waals surface area contributed by atoms with Gasteiger partial charge in [0.25, 0.3) is 0 Å². The topological polar surface area (TPSA) is 58.7 Å². The second kappa shape index (κ2) is 7.71. The summed E-state index contributed by atoms with van der Waals surface area (Å²) in [5, 5.41) is 5.87. The van der Waals surface area contributed by atoms with E-state index in [9.17, 15) is 4.79 Å². The van der Waals surface area contributed by atoms with Gasteiger partial charge in [0.1, 0.15) is 10.7 Å². The summed E-state index contributed by atoms with van der Waals surface area (Å²) in [4.78, 5) is 25.4. The van der Waals surface area contributed by atoms with Crippen molar-refractivity contribution in [3.63, 3.8) is 0 Å². The number of piperazine rings is 1. The van der Waals surface area contributed by atoms with Crippen LogP contribution >= 0.6 is 11.3 Å². The van der Waals surface area contributed by atoms with Crippen LogP contribution in [0.25, 0.3) is 15.9 Å². The standard InChI is InChI=1S/C24H28N6OS/c1-16-17(2)32-23-20(16)22-26-29(24(31)30(22)21(25-23)18-8-9-18)15-12-27-10-13-28(14-11-27)19-6-4-3-5-7-19/h3-7,18H,8-15H2,1-2H3. The van der Waals surface area contributed by atoms with Crippen LogP contribution in [0, 0.1) is 13.8 Å². The first kappa shape index (κ1) is 19.9. The van der Waals surface area contributed by atoms with Crippen molar-refractivity contribution in [1.29, 1.82) is 0 Å². The average molecular weight is 449 g/mol. The van der Waals surface area contributed by atoms with Crippen molar-refractivity contribution >= 4 is 32.9 Å². The Morgan fingerprint density at radius 3 is 2.50 bits per heavy atom. The van der Waals surface area contributed by atoms with E-state index < -0.39 is 0 Å². The molecule has 166 valence electrons. The average Bonchev–Trinajstić information content (AvgIpc) is 3.56. The van der Waals surface area contributed by atoms with E-state index >= 15 is 0 Å². The molecule has 7 nitrogen and oxygen atoms in total. The molecule has 3 aromatic heterocycles. The van der Waals surface area contributed by atoms with Gasteiger partial charge in [0, 0.05) is 49.2 Å². The van der Waals surface area contributed by atoms with Crippen LogP contribution in [-0.4, -0.2) is 56.8 Å². The van der Waals surface area contributed by atoms with Gasteiger partial charge in [-0.3, -0.25) is 4.90 Å². The van der Waals surface area contributed by atoms with E-state index in [0.29, 0.717) is 12.5 Å². The van der Waals surface area contributed by atoms with Crippen LogP contribution in [0.3, 0.4) is 0 Å². The zero-order valence-electron chi connectivity index (χ0n) is 18.6. The molecule has 0 N–H and O–H groups in total. The van der Waals surface area contributed by atoms with Gasteiger partial charge in [-0.05, 0) is 44.4 Å². The summed E-state index contributed by atoms with van der Waals surface area (Å²) in [6.45, 7) is 9.70. The molecule has 0 radical (unpaired) electrons. The molecule has 0 spiro atoms. The Kier molecular flexibility index (Phi) is 4.80. The SMILES string of the molecule is Cc1sc2nc(C3CC3)n3c(=O)n(CCN4CCN(c5ccccc5)CC4)nc3c2c1C. The van der Waals surface area contributed by atoms with Gasteiger partial charge >= 0.3 is 5.69 Å². The minimum atomic E-state index is -0.0394. The highest BCUT2D eigenvalue weighted by Gasteiger charge is 2.31. The van der Waals surface area contributed by atoms with E-state index in [1.807, 2.05) is 0 Å².